The van der Waals surface area contributed by atoms with Crippen molar-refractivity contribution in [2.75, 3.05) is 6.54 Å². The molecule has 6 heteroatoms. The molecule has 0 unspecified atom stereocenters. The molecular weight excluding hydrogens is 334 g/mol. The van der Waals surface area contributed by atoms with Crippen molar-refractivity contribution in [3.8, 4) is 0 Å². The van der Waals surface area contributed by atoms with Crippen LogP contribution in [0.5, 0.6) is 0 Å². The first-order valence-electron chi connectivity index (χ1n) is 9.17. The molecule has 0 aromatic heterocycles. The summed E-state index contributed by atoms with van der Waals surface area (Å²) in [6.45, 7) is 12.9. The Balaban J connectivity index is 2.72. The lowest BCUT2D eigenvalue weighted by atomic mass is 9.95. The number of esters is 1. The number of carbonyl (C=O) groups is 3. The highest BCUT2D eigenvalue weighted by Gasteiger charge is 2.34. The zero-order valence-electron chi connectivity index (χ0n) is 16.6. The monoisotopic (exact) mass is 365 g/mol. The van der Waals surface area contributed by atoms with Gasteiger partial charge in [-0.25, -0.2) is 9.59 Å². The van der Waals surface area contributed by atoms with E-state index in [0.717, 1.165) is 12.8 Å². The van der Waals surface area contributed by atoms with Gasteiger partial charge in [0.1, 0.15) is 5.60 Å². The van der Waals surface area contributed by atoms with Gasteiger partial charge >= 0.3 is 12.1 Å². The van der Waals surface area contributed by atoms with Crippen LogP contribution in [-0.4, -0.2) is 47.0 Å². The van der Waals surface area contributed by atoms with Gasteiger partial charge in [-0.3, -0.25) is 9.69 Å². The van der Waals surface area contributed by atoms with E-state index >= 15 is 0 Å². The van der Waals surface area contributed by atoms with Crippen LogP contribution in [0.1, 0.15) is 66.7 Å². The fourth-order valence-electron chi connectivity index (χ4n) is 2.77. The predicted molar refractivity (Wildman–Crippen MR) is 98.7 cm³/mol. The molecule has 0 spiro atoms. The number of rotatable bonds is 6. The van der Waals surface area contributed by atoms with E-state index in [1.807, 2.05) is 0 Å². The molecule has 1 atom stereocenters. The fraction of sp³-hybridized carbons (Fsp3) is 0.700. The van der Waals surface area contributed by atoms with Crippen LogP contribution >= 0.6 is 0 Å². The quantitative estimate of drug-likeness (QED) is 0.407. The number of ketones is 1. The lowest BCUT2D eigenvalue weighted by molar-refractivity contribution is -0.142. The summed E-state index contributed by atoms with van der Waals surface area (Å²) < 4.78 is 10.5. The van der Waals surface area contributed by atoms with Crippen LogP contribution in [-0.2, 0) is 19.1 Å². The maximum absolute atomic E-state index is 12.7. The maximum Gasteiger partial charge on any atom is 0.410 e. The van der Waals surface area contributed by atoms with E-state index in [1.54, 1.807) is 34.6 Å². The number of piperidine rings is 1. The van der Waals surface area contributed by atoms with Gasteiger partial charge in [0.25, 0.3) is 0 Å². The first kappa shape index (κ1) is 22.0. The third-order valence-electron chi connectivity index (χ3n) is 3.93. The molecule has 1 saturated heterocycles. The van der Waals surface area contributed by atoms with Crippen LogP contribution < -0.4 is 0 Å². The molecule has 1 heterocycles. The standard InChI is InChI=1S/C20H31NO5/c1-7-15(18(23)25-14(2)3)11-12-17(22)16-10-8-9-13-21(16)19(24)26-20(4,5)6/h14,16H,1,8-13H2,2-6H3/t16-/m0/s1. The number of hydrogen-bond acceptors (Lipinski definition) is 5. The normalized spacial score (nSPS) is 17.5. The molecule has 146 valence electrons. The maximum atomic E-state index is 12.7. The lowest BCUT2D eigenvalue weighted by Crippen LogP contribution is -2.49. The minimum Gasteiger partial charge on any atom is -0.459 e. The summed E-state index contributed by atoms with van der Waals surface area (Å²) in [6.07, 6.45) is 1.97. The molecule has 1 rings (SSSR count). The molecule has 0 saturated carbocycles. The second-order valence-corrected chi connectivity index (χ2v) is 7.76. The third kappa shape index (κ3) is 7.04. The van der Waals surface area contributed by atoms with Gasteiger partial charge in [0.2, 0.25) is 0 Å². The van der Waals surface area contributed by atoms with Gasteiger partial charge in [-0.1, -0.05) is 6.58 Å². The van der Waals surface area contributed by atoms with E-state index < -0.39 is 23.7 Å². The molecule has 0 aromatic carbocycles. The Kier molecular flexibility index (Phi) is 8.09. The summed E-state index contributed by atoms with van der Waals surface area (Å²) in [5.74, 6) is -0.587. The second-order valence-electron chi connectivity index (χ2n) is 7.76. The van der Waals surface area contributed by atoms with Gasteiger partial charge in [0, 0.05) is 13.0 Å². The zero-order valence-corrected chi connectivity index (χ0v) is 16.6. The van der Waals surface area contributed by atoms with E-state index in [1.165, 1.54) is 4.90 Å². The summed E-state index contributed by atoms with van der Waals surface area (Å²) in [6, 6.07) is -0.509. The van der Waals surface area contributed by atoms with E-state index in [4.69, 9.17) is 9.47 Å². The SMILES string of the molecule is C=C=C(CCC(=O)[C@@H]1CCCCN1C(=O)OC(C)(C)C)C(=O)OC(C)C. The molecule has 6 nitrogen and oxygen atoms in total. The van der Waals surface area contributed by atoms with E-state index in [9.17, 15) is 14.4 Å². The topological polar surface area (TPSA) is 72.9 Å². The van der Waals surface area contributed by atoms with Crippen LogP contribution in [0.3, 0.4) is 0 Å². The van der Waals surface area contributed by atoms with Crippen molar-refractivity contribution in [2.45, 2.75) is 84.5 Å². The highest BCUT2D eigenvalue weighted by atomic mass is 16.6. The lowest BCUT2D eigenvalue weighted by Gasteiger charge is -2.35. The van der Waals surface area contributed by atoms with Crippen LogP contribution in [0.4, 0.5) is 4.79 Å². The van der Waals surface area contributed by atoms with Crippen LogP contribution in [0.2, 0.25) is 0 Å². The minimum absolute atomic E-state index is 0.0827. The number of carbonyl (C=O) groups excluding carboxylic acids is 3. The van der Waals surface area contributed by atoms with Gasteiger partial charge in [0.15, 0.2) is 5.78 Å². The largest absolute Gasteiger partial charge is 0.459 e. The van der Waals surface area contributed by atoms with Crippen molar-refractivity contribution in [3.63, 3.8) is 0 Å². The minimum atomic E-state index is -0.610. The molecule has 0 N–H and O–H groups in total. The van der Waals surface area contributed by atoms with Crippen molar-refractivity contribution in [2.24, 2.45) is 0 Å². The Morgan fingerprint density at radius 1 is 1.19 bits per heavy atom. The fourth-order valence-corrected chi connectivity index (χ4v) is 2.77. The van der Waals surface area contributed by atoms with Crippen molar-refractivity contribution in [1.82, 2.24) is 4.90 Å². The number of likely N-dealkylation sites (tertiary alicyclic amines) is 1. The number of Topliss-reactive ketones (excluding diaryl/α,β-unsaturated/α-hetero) is 1. The number of hydrogen-bond donors (Lipinski definition) is 0. The van der Waals surface area contributed by atoms with Gasteiger partial charge in [-0.15, -0.1) is 5.73 Å². The van der Waals surface area contributed by atoms with E-state index in [2.05, 4.69) is 12.3 Å². The van der Waals surface area contributed by atoms with Crippen LogP contribution in [0.15, 0.2) is 17.9 Å². The highest BCUT2D eigenvalue weighted by molar-refractivity contribution is 5.91. The smallest absolute Gasteiger partial charge is 0.410 e. The van der Waals surface area contributed by atoms with Gasteiger partial charge < -0.3 is 9.47 Å². The zero-order chi connectivity index (χ0) is 19.9. The molecule has 1 amide bonds. The van der Waals surface area contributed by atoms with Crippen LogP contribution in [0.25, 0.3) is 0 Å². The molecule has 1 fully saturated rings. The van der Waals surface area contributed by atoms with Gasteiger partial charge in [-0.05, 0) is 60.3 Å². The summed E-state index contributed by atoms with van der Waals surface area (Å²) in [5.41, 5.74) is 2.21. The summed E-state index contributed by atoms with van der Waals surface area (Å²) in [4.78, 5) is 38.5. The Morgan fingerprint density at radius 2 is 1.85 bits per heavy atom. The Bertz CT molecular complexity index is 581. The summed E-state index contributed by atoms with van der Waals surface area (Å²) in [5, 5.41) is 0. The van der Waals surface area contributed by atoms with E-state index in [0.29, 0.717) is 13.0 Å². The first-order valence-corrected chi connectivity index (χ1v) is 9.17. The second kappa shape index (κ2) is 9.58. The van der Waals surface area contributed by atoms with Crippen molar-refractivity contribution < 1.29 is 23.9 Å². The Labute approximate surface area is 156 Å². The average Bonchev–Trinajstić information content (AvgIpc) is 2.53. The Hall–Kier alpha value is -2.07. The van der Waals surface area contributed by atoms with E-state index in [-0.39, 0.29) is 30.3 Å². The summed E-state index contributed by atoms with van der Waals surface area (Å²) in [7, 11) is 0. The molecule has 1 aliphatic rings. The summed E-state index contributed by atoms with van der Waals surface area (Å²) >= 11 is 0. The molecule has 0 aromatic rings. The average molecular weight is 365 g/mol. The number of amides is 1. The molecule has 0 radical (unpaired) electrons. The highest BCUT2D eigenvalue weighted by Crippen LogP contribution is 2.23. The molecule has 1 aliphatic heterocycles. The first-order chi connectivity index (χ1) is 12.0. The Morgan fingerprint density at radius 3 is 2.38 bits per heavy atom. The number of ether oxygens (including phenoxy) is 2. The molecule has 26 heavy (non-hydrogen) atoms. The van der Waals surface area contributed by atoms with Crippen molar-refractivity contribution in [1.29, 1.82) is 0 Å². The van der Waals surface area contributed by atoms with Gasteiger partial charge in [0.05, 0.1) is 17.7 Å². The number of nitrogens with zero attached hydrogens (tertiary/aromatic N) is 1. The van der Waals surface area contributed by atoms with Crippen molar-refractivity contribution >= 4 is 17.8 Å². The van der Waals surface area contributed by atoms with Crippen molar-refractivity contribution in [3.05, 3.63) is 17.9 Å². The molecule has 0 bridgehead atoms. The predicted octanol–water partition coefficient (Wildman–Crippen LogP) is 3.79. The molecular formula is C20H31NO5. The molecule has 0 aliphatic carbocycles. The van der Waals surface area contributed by atoms with Gasteiger partial charge in [-0.2, -0.15) is 0 Å². The third-order valence-corrected chi connectivity index (χ3v) is 3.93. The van der Waals surface area contributed by atoms with Crippen LogP contribution in [0, 0.1) is 0 Å².